The number of rotatable bonds is 6. The third-order valence-electron chi connectivity index (χ3n) is 3.49. The highest BCUT2D eigenvalue weighted by Gasteiger charge is 2.10. The Balaban J connectivity index is 2.66. The zero-order chi connectivity index (χ0) is 19.1. The smallest absolute Gasteiger partial charge is 0.269 e. The zero-order valence-electron chi connectivity index (χ0n) is 14.0. The number of nitriles is 2. The number of hydrogen-bond donors (Lipinski definition) is 0. The SMILES string of the molecule is CCOCCCn1c(=C(C#N)C#N)s/c(=C/c2c(Cl)cccc2Cl)c1=O. The molecule has 26 heavy (non-hydrogen) atoms. The largest absolute Gasteiger partial charge is 0.382 e. The van der Waals surface area contributed by atoms with Gasteiger partial charge in [0, 0.05) is 35.4 Å². The fraction of sp³-hybridized carbons (Fsp3) is 0.278. The van der Waals surface area contributed by atoms with E-state index in [1.165, 1.54) is 4.57 Å². The second-order valence-electron chi connectivity index (χ2n) is 5.16. The van der Waals surface area contributed by atoms with Crippen molar-refractivity contribution in [3.8, 4) is 12.1 Å². The summed E-state index contributed by atoms with van der Waals surface area (Å²) in [6, 6.07) is 8.76. The van der Waals surface area contributed by atoms with Crippen molar-refractivity contribution in [1.29, 1.82) is 10.5 Å². The highest BCUT2D eigenvalue weighted by molar-refractivity contribution is 7.07. The van der Waals surface area contributed by atoms with Crippen LogP contribution in [0.1, 0.15) is 18.9 Å². The maximum Gasteiger partial charge on any atom is 0.269 e. The van der Waals surface area contributed by atoms with E-state index in [1.807, 2.05) is 19.1 Å². The lowest BCUT2D eigenvalue weighted by molar-refractivity contribution is 0.141. The van der Waals surface area contributed by atoms with Crippen LogP contribution in [0.4, 0.5) is 0 Å². The summed E-state index contributed by atoms with van der Waals surface area (Å²) in [6.07, 6.45) is 2.18. The molecule has 0 aliphatic carbocycles. The van der Waals surface area contributed by atoms with Crippen molar-refractivity contribution in [1.82, 2.24) is 4.57 Å². The average Bonchev–Trinajstić information content (AvgIpc) is 2.92. The maximum atomic E-state index is 12.8. The Bertz CT molecular complexity index is 1020. The molecule has 1 heterocycles. The van der Waals surface area contributed by atoms with Crippen LogP contribution in [0.15, 0.2) is 23.0 Å². The van der Waals surface area contributed by atoms with Crippen LogP contribution >= 0.6 is 34.5 Å². The van der Waals surface area contributed by atoms with Gasteiger partial charge in [-0.2, -0.15) is 10.5 Å². The molecule has 134 valence electrons. The van der Waals surface area contributed by atoms with Gasteiger partial charge in [-0.25, -0.2) is 0 Å². The second kappa shape index (κ2) is 9.56. The third-order valence-corrected chi connectivity index (χ3v) is 5.28. The Labute approximate surface area is 164 Å². The van der Waals surface area contributed by atoms with Gasteiger partial charge in [-0.15, -0.1) is 11.3 Å². The van der Waals surface area contributed by atoms with E-state index in [4.69, 9.17) is 27.9 Å². The minimum atomic E-state index is -0.291. The van der Waals surface area contributed by atoms with E-state index in [2.05, 4.69) is 0 Å². The Kier molecular flexibility index (Phi) is 7.44. The quantitative estimate of drug-likeness (QED) is 0.689. The zero-order valence-corrected chi connectivity index (χ0v) is 16.3. The van der Waals surface area contributed by atoms with Crippen LogP contribution in [0.3, 0.4) is 0 Å². The molecule has 1 aromatic heterocycles. The third kappa shape index (κ3) is 4.55. The van der Waals surface area contributed by atoms with Crippen molar-refractivity contribution in [2.75, 3.05) is 13.2 Å². The van der Waals surface area contributed by atoms with E-state index in [1.54, 1.807) is 24.3 Å². The maximum absolute atomic E-state index is 12.8. The normalized spacial score (nSPS) is 11.2. The van der Waals surface area contributed by atoms with E-state index in [9.17, 15) is 15.3 Å². The van der Waals surface area contributed by atoms with E-state index < -0.39 is 0 Å². The topological polar surface area (TPSA) is 78.8 Å². The number of hydrogen-bond acceptors (Lipinski definition) is 5. The molecule has 0 fully saturated rings. The molecule has 0 atom stereocenters. The first-order valence-electron chi connectivity index (χ1n) is 7.81. The summed E-state index contributed by atoms with van der Waals surface area (Å²) < 4.78 is 7.40. The van der Waals surface area contributed by atoms with Crippen molar-refractivity contribution in [2.45, 2.75) is 19.9 Å². The molecular formula is C18H15Cl2N3O2S. The molecule has 0 aliphatic heterocycles. The standard InChI is InChI=1S/C18H15Cl2N3O2S/c1-2-25-8-4-7-23-17(24)16(26-18(23)12(10-21)11-22)9-13-14(19)5-3-6-15(13)20/h3,5-6,9H,2,4,7-8H2,1H3/b16-9+. The lowest BCUT2D eigenvalue weighted by Crippen LogP contribution is -2.32. The fourth-order valence-corrected chi connectivity index (χ4v) is 3.84. The number of thiazole rings is 1. The number of ether oxygens (including phenoxy) is 1. The van der Waals surface area contributed by atoms with E-state index in [0.29, 0.717) is 51.0 Å². The average molecular weight is 408 g/mol. The van der Waals surface area contributed by atoms with Gasteiger partial charge in [-0.3, -0.25) is 9.36 Å². The number of aromatic nitrogens is 1. The van der Waals surface area contributed by atoms with Crippen LogP contribution in [0.2, 0.25) is 10.0 Å². The van der Waals surface area contributed by atoms with Gasteiger partial charge in [0.15, 0.2) is 5.57 Å². The lowest BCUT2D eigenvalue weighted by Gasteiger charge is -2.02. The lowest BCUT2D eigenvalue weighted by atomic mass is 10.2. The molecule has 2 rings (SSSR count). The molecule has 1 aromatic carbocycles. The minimum Gasteiger partial charge on any atom is -0.382 e. The van der Waals surface area contributed by atoms with E-state index >= 15 is 0 Å². The van der Waals surface area contributed by atoms with Crippen molar-refractivity contribution in [2.24, 2.45) is 0 Å². The highest BCUT2D eigenvalue weighted by Crippen LogP contribution is 2.24. The van der Waals surface area contributed by atoms with Gasteiger partial charge in [0.25, 0.3) is 5.56 Å². The van der Waals surface area contributed by atoms with Gasteiger partial charge >= 0.3 is 0 Å². The Morgan fingerprint density at radius 1 is 1.31 bits per heavy atom. The van der Waals surface area contributed by atoms with Gasteiger partial charge in [-0.1, -0.05) is 29.3 Å². The molecule has 0 N–H and O–H groups in total. The summed E-state index contributed by atoms with van der Waals surface area (Å²) in [4.78, 5) is 12.8. The predicted octanol–water partition coefficient (Wildman–Crippen LogP) is 2.67. The molecule has 5 nitrogen and oxygen atoms in total. The Morgan fingerprint density at radius 3 is 2.54 bits per heavy atom. The van der Waals surface area contributed by atoms with Crippen molar-refractivity contribution in [3.63, 3.8) is 0 Å². The molecule has 2 aromatic rings. The molecule has 0 unspecified atom stereocenters. The minimum absolute atomic E-state index is 0.103. The second-order valence-corrected chi connectivity index (χ2v) is 7.00. The summed E-state index contributed by atoms with van der Waals surface area (Å²) in [6.45, 7) is 3.31. The summed E-state index contributed by atoms with van der Waals surface area (Å²) in [5.41, 5.74) is 0.131. The molecular weight excluding hydrogens is 393 g/mol. The van der Waals surface area contributed by atoms with Crippen LogP contribution in [0.25, 0.3) is 11.6 Å². The van der Waals surface area contributed by atoms with Crippen LogP contribution in [0, 0.1) is 22.7 Å². The van der Waals surface area contributed by atoms with Gasteiger partial charge in [-0.05, 0) is 31.6 Å². The van der Waals surface area contributed by atoms with E-state index in [0.717, 1.165) is 11.3 Å². The van der Waals surface area contributed by atoms with Gasteiger partial charge < -0.3 is 4.74 Å². The van der Waals surface area contributed by atoms with Crippen molar-refractivity contribution >= 4 is 46.2 Å². The Morgan fingerprint density at radius 2 is 1.96 bits per heavy atom. The summed E-state index contributed by atoms with van der Waals surface area (Å²) >= 11 is 13.4. The monoisotopic (exact) mass is 407 g/mol. The number of benzene rings is 1. The molecule has 0 spiro atoms. The van der Waals surface area contributed by atoms with E-state index in [-0.39, 0.29) is 11.1 Å². The first-order chi connectivity index (χ1) is 12.5. The van der Waals surface area contributed by atoms with Gasteiger partial charge in [0.2, 0.25) is 0 Å². The molecule has 0 amide bonds. The molecule has 8 heteroatoms. The predicted molar refractivity (Wildman–Crippen MR) is 104 cm³/mol. The van der Waals surface area contributed by atoms with Crippen molar-refractivity contribution in [3.05, 3.63) is 53.4 Å². The van der Waals surface area contributed by atoms with Crippen molar-refractivity contribution < 1.29 is 4.74 Å². The van der Waals surface area contributed by atoms with Crippen LogP contribution < -0.4 is 14.8 Å². The first-order valence-corrected chi connectivity index (χ1v) is 9.38. The molecule has 0 saturated heterocycles. The Hall–Kier alpha value is -2.09. The van der Waals surface area contributed by atoms with Crippen LogP contribution in [0.5, 0.6) is 0 Å². The summed E-state index contributed by atoms with van der Waals surface area (Å²) in [7, 11) is 0. The summed E-state index contributed by atoms with van der Waals surface area (Å²) in [5.74, 6) is 0. The number of nitrogens with zero attached hydrogens (tertiary/aromatic N) is 3. The fourth-order valence-electron chi connectivity index (χ4n) is 2.28. The van der Waals surface area contributed by atoms with Crippen LogP contribution in [-0.4, -0.2) is 17.8 Å². The van der Waals surface area contributed by atoms with Gasteiger partial charge in [0.05, 0.1) is 4.53 Å². The van der Waals surface area contributed by atoms with Crippen LogP contribution in [-0.2, 0) is 11.3 Å². The first kappa shape index (κ1) is 20.2. The number of halogens is 2. The molecule has 0 bridgehead atoms. The molecule has 0 saturated carbocycles. The summed E-state index contributed by atoms with van der Waals surface area (Å²) in [5, 5.41) is 19.2. The van der Waals surface area contributed by atoms with Gasteiger partial charge in [0.1, 0.15) is 16.8 Å². The molecule has 0 radical (unpaired) electrons. The molecule has 0 aliphatic rings. The highest BCUT2D eigenvalue weighted by atomic mass is 35.5.